The number of carbonyl (C=O) groups is 2. The number of hydrogen-bond donors (Lipinski definition) is 2. The van der Waals surface area contributed by atoms with E-state index in [0.29, 0.717) is 44.7 Å². The Hall–Kier alpha value is -2.92. The van der Waals surface area contributed by atoms with Crippen molar-refractivity contribution in [2.24, 2.45) is 9.98 Å². The molecule has 13 heteroatoms. The highest BCUT2D eigenvalue weighted by atomic mass is 16.6. The number of unbranched alkanes of at least 4 members (excludes halogenated alkanes) is 1. The molecule has 2 N–H and O–H groups in total. The molecule has 0 aliphatic rings. The molecule has 0 aromatic carbocycles. The molecule has 210 valence electrons. The lowest BCUT2D eigenvalue weighted by molar-refractivity contribution is -0.145. The van der Waals surface area contributed by atoms with Crippen molar-refractivity contribution >= 4 is 24.2 Å². The van der Waals surface area contributed by atoms with Crippen LogP contribution >= 0.6 is 0 Å². The van der Waals surface area contributed by atoms with Crippen LogP contribution in [0.1, 0.15) is 46.5 Å². The van der Waals surface area contributed by atoms with E-state index in [1.54, 1.807) is 20.8 Å². The number of aliphatic imine (C=N–C) groups is 2. The normalized spacial score (nSPS) is 13.7. The summed E-state index contributed by atoms with van der Waals surface area (Å²) in [6, 6.07) is -1.00. The minimum atomic E-state index is -1.01. The molecular weight excluding hydrogens is 490 g/mol. The van der Waals surface area contributed by atoms with Crippen molar-refractivity contribution in [3.8, 4) is 0 Å². The second-order valence-electron chi connectivity index (χ2n) is 8.16. The summed E-state index contributed by atoms with van der Waals surface area (Å²) in [7, 11) is 0. The average Bonchev–Trinajstić information content (AvgIpc) is 2.84. The van der Waals surface area contributed by atoms with Crippen LogP contribution < -0.4 is 5.32 Å². The largest absolute Gasteiger partial charge is 0.462 e. The zero-order valence-corrected chi connectivity index (χ0v) is 21.8. The highest BCUT2D eigenvalue weighted by Gasteiger charge is 2.19. The summed E-state index contributed by atoms with van der Waals surface area (Å²) in [5.41, 5.74) is 0.523. The van der Waals surface area contributed by atoms with E-state index >= 15 is 0 Å². The number of carbonyl (C=O) groups excluding carboxylic acids is 4. The van der Waals surface area contributed by atoms with Gasteiger partial charge in [0.05, 0.1) is 32.4 Å². The molecule has 0 heterocycles. The minimum absolute atomic E-state index is 0.00654. The minimum Gasteiger partial charge on any atom is -0.462 e. The summed E-state index contributed by atoms with van der Waals surface area (Å²) in [6.45, 7) is 10.3. The SMILES string of the molecule is C=C(C)C(O)OC(C)COCCCOCC(C)OC(=O)NCCOC(=O)C(CCCCN=C=O)N=C=O. The first-order valence-corrected chi connectivity index (χ1v) is 12.1. The van der Waals surface area contributed by atoms with E-state index < -0.39 is 30.5 Å². The number of aliphatic hydroxyl groups is 1. The third-order valence-electron chi connectivity index (χ3n) is 4.53. The van der Waals surface area contributed by atoms with Crippen LogP contribution in [-0.2, 0) is 38.1 Å². The lowest BCUT2D eigenvalue weighted by Gasteiger charge is -2.18. The lowest BCUT2D eigenvalue weighted by atomic mass is 10.1. The van der Waals surface area contributed by atoms with Crippen LogP contribution in [0.4, 0.5) is 4.79 Å². The standard InChI is InChI=1S/C24H39N3O10/c1-18(2)22(30)36-19(3)14-33-11-7-12-34-15-20(4)37-24(32)26-10-13-35-23(31)21(27-17-29)8-5-6-9-25-16-28/h19-22,30H,1,5-15H2,2-4H3,(H,26,32). The number of amides is 1. The monoisotopic (exact) mass is 529 g/mol. The molecule has 0 aromatic heterocycles. The number of isocyanates is 2. The number of rotatable bonds is 22. The number of nitrogens with zero attached hydrogens (tertiary/aromatic N) is 2. The predicted molar refractivity (Wildman–Crippen MR) is 131 cm³/mol. The van der Waals surface area contributed by atoms with Crippen molar-refractivity contribution in [1.29, 1.82) is 0 Å². The maximum Gasteiger partial charge on any atom is 0.407 e. The molecule has 0 saturated carbocycles. The van der Waals surface area contributed by atoms with E-state index in [-0.39, 0.29) is 38.8 Å². The fourth-order valence-corrected chi connectivity index (χ4v) is 2.67. The highest BCUT2D eigenvalue weighted by Crippen LogP contribution is 2.07. The van der Waals surface area contributed by atoms with Crippen LogP contribution in [0.25, 0.3) is 0 Å². The number of hydrogen-bond acceptors (Lipinski definition) is 12. The molecular formula is C24H39N3O10. The van der Waals surface area contributed by atoms with Crippen LogP contribution in [0.2, 0.25) is 0 Å². The van der Waals surface area contributed by atoms with Gasteiger partial charge in [0.1, 0.15) is 12.7 Å². The molecule has 0 spiro atoms. The van der Waals surface area contributed by atoms with Gasteiger partial charge in [0.2, 0.25) is 12.2 Å². The molecule has 37 heavy (non-hydrogen) atoms. The zero-order valence-electron chi connectivity index (χ0n) is 21.8. The van der Waals surface area contributed by atoms with Crippen LogP contribution in [0.15, 0.2) is 22.1 Å². The molecule has 0 aliphatic carbocycles. The Kier molecular flexibility index (Phi) is 20.5. The van der Waals surface area contributed by atoms with E-state index in [0.717, 1.165) is 0 Å². The Morgan fingerprint density at radius 2 is 1.68 bits per heavy atom. The van der Waals surface area contributed by atoms with E-state index in [2.05, 4.69) is 21.9 Å². The quantitative estimate of drug-likeness (QED) is 0.0524. The maximum atomic E-state index is 12.0. The van der Waals surface area contributed by atoms with Crippen LogP contribution in [-0.4, -0.2) is 100.0 Å². The number of alkyl carbamates (subject to hydrolysis) is 1. The molecule has 0 radical (unpaired) electrons. The molecule has 0 bridgehead atoms. The summed E-state index contributed by atoms with van der Waals surface area (Å²) in [6.07, 6.45) is 2.17. The predicted octanol–water partition coefficient (Wildman–Crippen LogP) is 1.58. The van der Waals surface area contributed by atoms with Crippen molar-refractivity contribution in [1.82, 2.24) is 5.32 Å². The Morgan fingerprint density at radius 1 is 1.00 bits per heavy atom. The first kappa shape index (κ1) is 34.1. The third kappa shape index (κ3) is 19.9. The van der Waals surface area contributed by atoms with Gasteiger partial charge in [-0.15, -0.1) is 0 Å². The molecule has 0 aromatic rings. The lowest BCUT2D eigenvalue weighted by Crippen LogP contribution is -2.33. The van der Waals surface area contributed by atoms with E-state index in [9.17, 15) is 24.3 Å². The maximum absolute atomic E-state index is 12.0. The Balaban J connectivity index is 3.87. The first-order valence-electron chi connectivity index (χ1n) is 12.1. The Labute approximate surface area is 217 Å². The smallest absolute Gasteiger partial charge is 0.407 e. The van der Waals surface area contributed by atoms with Gasteiger partial charge in [-0.3, -0.25) is 0 Å². The van der Waals surface area contributed by atoms with Gasteiger partial charge in [0, 0.05) is 13.2 Å². The van der Waals surface area contributed by atoms with E-state index in [4.69, 9.17) is 23.7 Å². The number of ether oxygens (including phenoxy) is 5. The summed E-state index contributed by atoms with van der Waals surface area (Å²) >= 11 is 0. The summed E-state index contributed by atoms with van der Waals surface area (Å²) in [5, 5.41) is 12.0. The van der Waals surface area contributed by atoms with E-state index in [1.165, 1.54) is 12.2 Å². The Bertz CT molecular complexity index is 766. The average molecular weight is 530 g/mol. The van der Waals surface area contributed by atoms with Crippen LogP contribution in [0.3, 0.4) is 0 Å². The van der Waals surface area contributed by atoms with Gasteiger partial charge in [-0.05, 0) is 52.0 Å². The number of aliphatic hydroxyl groups excluding tert-OH is 1. The topological polar surface area (TPSA) is 171 Å². The highest BCUT2D eigenvalue weighted by molar-refractivity contribution is 5.77. The van der Waals surface area contributed by atoms with Gasteiger partial charge in [-0.1, -0.05) is 6.58 Å². The summed E-state index contributed by atoms with van der Waals surface area (Å²) in [5.74, 6) is -0.713. The number of nitrogens with one attached hydrogen (secondary N) is 1. The van der Waals surface area contributed by atoms with Crippen molar-refractivity contribution in [2.75, 3.05) is 46.1 Å². The van der Waals surface area contributed by atoms with E-state index in [1.807, 2.05) is 0 Å². The molecule has 0 aliphatic heterocycles. The van der Waals surface area contributed by atoms with Gasteiger partial charge in [-0.2, -0.15) is 4.99 Å². The zero-order chi connectivity index (χ0) is 27.9. The van der Waals surface area contributed by atoms with Gasteiger partial charge in [0.25, 0.3) is 0 Å². The number of esters is 1. The van der Waals surface area contributed by atoms with Crippen molar-refractivity contribution in [3.63, 3.8) is 0 Å². The second kappa shape index (κ2) is 22.3. The van der Waals surface area contributed by atoms with Gasteiger partial charge < -0.3 is 34.1 Å². The van der Waals surface area contributed by atoms with Gasteiger partial charge in [-0.25, -0.2) is 24.2 Å². The van der Waals surface area contributed by atoms with Gasteiger partial charge >= 0.3 is 12.1 Å². The third-order valence-corrected chi connectivity index (χ3v) is 4.53. The molecule has 0 saturated heterocycles. The first-order chi connectivity index (χ1) is 17.7. The second-order valence-corrected chi connectivity index (χ2v) is 8.16. The molecule has 13 nitrogen and oxygen atoms in total. The fourth-order valence-electron chi connectivity index (χ4n) is 2.67. The van der Waals surface area contributed by atoms with Crippen molar-refractivity contribution in [2.45, 2.75) is 71.0 Å². The molecule has 0 fully saturated rings. The summed E-state index contributed by atoms with van der Waals surface area (Å²) < 4.78 is 26.4. The van der Waals surface area contributed by atoms with Crippen molar-refractivity contribution < 1.29 is 48.0 Å². The Morgan fingerprint density at radius 3 is 2.30 bits per heavy atom. The molecule has 1 amide bonds. The molecule has 4 atom stereocenters. The van der Waals surface area contributed by atoms with Gasteiger partial charge in [0.15, 0.2) is 12.3 Å². The summed E-state index contributed by atoms with van der Waals surface area (Å²) in [4.78, 5) is 51.2. The fraction of sp³-hybridized carbons (Fsp3) is 0.750. The van der Waals surface area contributed by atoms with Crippen LogP contribution in [0.5, 0.6) is 0 Å². The molecule has 0 rings (SSSR count). The van der Waals surface area contributed by atoms with Crippen molar-refractivity contribution in [3.05, 3.63) is 12.2 Å². The molecule has 4 unspecified atom stereocenters. The van der Waals surface area contributed by atoms with Crippen LogP contribution in [0, 0.1) is 0 Å².